The van der Waals surface area contributed by atoms with Gasteiger partial charge in [0.05, 0.1) is 6.33 Å². The molecule has 0 radical (unpaired) electrons. The van der Waals surface area contributed by atoms with Crippen LogP contribution in [0.4, 0.5) is 5.82 Å². The van der Waals surface area contributed by atoms with Crippen molar-refractivity contribution >= 4 is 17.0 Å². The lowest BCUT2D eigenvalue weighted by molar-refractivity contribution is 0.777. The third-order valence-electron chi connectivity index (χ3n) is 3.13. The Balaban J connectivity index is 2.13. The number of anilines is 1. The molecule has 2 aromatic heterocycles. The number of hydrogen-bond acceptors (Lipinski definition) is 4. The van der Waals surface area contributed by atoms with Crippen molar-refractivity contribution in [2.75, 3.05) is 18.0 Å². The molecule has 0 aromatic carbocycles. The average molecular weight is 217 g/mol. The first kappa shape index (κ1) is 9.57. The lowest BCUT2D eigenvalue weighted by Crippen LogP contribution is -2.19. The van der Waals surface area contributed by atoms with Crippen LogP contribution < -0.4 is 4.90 Å². The summed E-state index contributed by atoms with van der Waals surface area (Å²) >= 11 is 0. The molecule has 0 unspecified atom stereocenters. The average Bonchev–Trinajstić information content (AvgIpc) is 2.97. The van der Waals surface area contributed by atoms with Gasteiger partial charge in [-0.2, -0.15) is 0 Å². The van der Waals surface area contributed by atoms with Crippen molar-refractivity contribution in [3.63, 3.8) is 0 Å². The van der Waals surface area contributed by atoms with Crippen molar-refractivity contribution in [2.45, 2.75) is 26.3 Å². The Morgan fingerprint density at radius 1 is 1.19 bits per heavy atom. The van der Waals surface area contributed by atoms with Gasteiger partial charge >= 0.3 is 0 Å². The molecule has 5 nitrogen and oxygen atoms in total. The molecular weight excluding hydrogens is 202 g/mol. The lowest BCUT2D eigenvalue weighted by atomic mass is 10.4. The molecule has 0 amide bonds. The number of aromatic nitrogens is 4. The van der Waals surface area contributed by atoms with Crippen LogP contribution in [0.15, 0.2) is 12.7 Å². The van der Waals surface area contributed by atoms with Gasteiger partial charge in [-0.15, -0.1) is 0 Å². The van der Waals surface area contributed by atoms with Gasteiger partial charge in [-0.3, -0.25) is 0 Å². The topological polar surface area (TPSA) is 46.8 Å². The normalized spacial score (nSPS) is 16.2. The highest BCUT2D eigenvalue weighted by Crippen LogP contribution is 2.24. The maximum absolute atomic E-state index is 4.43. The molecule has 1 aliphatic heterocycles. The number of hydrogen-bond donors (Lipinski definition) is 0. The zero-order valence-electron chi connectivity index (χ0n) is 9.43. The summed E-state index contributed by atoms with van der Waals surface area (Å²) in [7, 11) is 0. The molecule has 0 spiro atoms. The van der Waals surface area contributed by atoms with E-state index < -0.39 is 0 Å². The quantitative estimate of drug-likeness (QED) is 0.763. The van der Waals surface area contributed by atoms with E-state index in [1.54, 1.807) is 6.33 Å². The fourth-order valence-corrected chi connectivity index (χ4v) is 2.26. The smallest absolute Gasteiger partial charge is 0.165 e. The summed E-state index contributed by atoms with van der Waals surface area (Å²) in [4.78, 5) is 15.4. The Bertz CT molecular complexity index is 498. The van der Waals surface area contributed by atoms with Gasteiger partial charge in [-0.25, -0.2) is 15.0 Å². The van der Waals surface area contributed by atoms with Gasteiger partial charge in [0.1, 0.15) is 6.33 Å². The Hall–Kier alpha value is -1.65. The molecule has 3 heterocycles. The number of aryl methyl sites for hydroxylation is 1. The summed E-state index contributed by atoms with van der Waals surface area (Å²) in [5, 5.41) is 0. The summed E-state index contributed by atoms with van der Waals surface area (Å²) in [5.74, 6) is 0.995. The Morgan fingerprint density at radius 2 is 2.00 bits per heavy atom. The molecule has 84 valence electrons. The molecule has 1 saturated heterocycles. The SMILES string of the molecule is CCn1cnc2c(N3CCCC3)ncnc21. The second-order valence-electron chi connectivity index (χ2n) is 4.09. The van der Waals surface area contributed by atoms with E-state index in [4.69, 9.17) is 0 Å². The summed E-state index contributed by atoms with van der Waals surface area (Å²) in [6.45, 7) is 5.17. The molecule has 16 heavy (non-hydrogen) atoms. The van der Waals surface area contributed by atoms with Crippen LogP contribution in [-0.4, -0.2) is 32.6 Å². The predicted molar refractivity (Wildman–Crippen MR) is 62.4 cm³/mol. The number of fused-ring (bicyclic) bond motifs is 1. The van der Waals surface area contributed by atoms with Gasteiger partial charge in [0.2, 0.25) is 0 Å². The Kier molecular flexibility index (Phi) is 2.23. The van der Waals surface area contributed by atoms with Crippen molar-refractivity contribution in [1.82, 2.24) is 19.5 Å². The van der Waals surface area contributed by atoms with Crippen LogP contribution in [0.2, 0.25) is 0 Å². The molecular formula is C11H15N5. The fraction of sp³-hybridized carbons (Fsp3) is 0.545. The van der Waals surface area contributed by atoms with Crippen molar-refractivity contribution in [2.24, 2.45) is 0 Å². The summed E-state index contributed by atoms with van der Waals surface area (Å²) in [5.41, 5.74) is 1.88. The molecule has 2 aromatic rings. The van der Waals surface area contributed by atoms with E-state index >= 15 is 0 Å². The van der Waals surface area contributed by atoms with E-state index in [9.17, 15) is 0 Å². The van der Waals surface area contributed by atoms with E-state index in [1.807, 2.05) is 6.33 Å². The van der Waals surface area contributed by atoms with Crippen LogP contribution in [0.5, 0.6) is 0 Å². The first-order valence-corrected chi connectivity index (χ1v) is 5.81. The maximum atomic E-state index is 4.43. The van der Waals surface area contributed by atoms with Crippen molar-refractivity contribution in [3.8, 4) is 0 Å². The van der Waals surface area contributed by atoms with E-state index in [1.165, 1.54) is 12.8 Å². The highest BCUT2D eigenvalue weighted by Gasteiger charge is 2.18. The number of nitrogens with zero attached hydrogens (tertiary/aromatic N) is 5. The number of rotatable bonds is 2. The molecule has 1 fully saturated rings. The molecule has 1 aliphatic rings. The van der Waals surface area contributed by atoms with Crippen LogP contribution >= 0.6 is 0 Å². The maximum Gasteiger partial charge on any atom is 0.165 e. The fourth-order valence-electron chi connectivity index (χ4n) is 2.26. The highest BCUT2D eigenvalue weighted by atomic mass is 15.2. The second-order valence-corrected chi connectivity index (χ2v) is 4.09. The first-order valence-electron chi connectivity index (χ1n) is 5.81. The zero-order chi connectivity index (χ0) is 11.0. The third kappa shape index (κ3) is 1.35. The van der Waals surface area contributed by atoms with Gasteiger partial charge in [0.25, 0.3) is 0 Å². The van der Waals surface area contributed by atoms with Gasteiger partial charge < -0.3 is 9.47 Å². The highest BCUT2D eigenvalue weighted by molar-refractivity contribution is 5.83. The third-order valence-corrected chi connectivity index (χ3v) is 3.13. The minimum atomic E-state index is 0.896. The molecule has 0 saturated carbocycles. The minimum absolute atomic E-state index is 0.896. The predicted octanol–water partition coefficient (Wildman–Crippen LogP) is 1.45. The Labute approximate surface area is 94.1 Å². The summed E-state index contributed by atoms with van der Waals surface area (Å²) in [6, 6.07) is 0. The standard InChI is InChI=1S/C11H15N5/c1-2-15-8-14-9-10(15)12-7-13-11(9)16-5-3-4-6-16/h7-8H,2-6H2,1H3. The van der Waals surface area contributed by atoms with Gasteiger partial charge in [-0.1, -0.05) is 0 Å². The van der Waals surface area contributed by atoms with E-state index in [-0.39, 0.29) is 0 Å². The second kappa shape index (κ2) is 3.73. The van der Waals surface area contributed by atoms with E-state index in [0.29, 0.717) is 0 Å². The van der Waals surface area contributed by atoms with E-state index in [2.05, 4.69) is 31.3 Å². The molecule has 0 bridgehead atoms. The van der Waals surface area contributed by atoms with Crippen molar-refractivity contribution < 1.29 is 0 Å². The Morgan fingerprint density at radius 3 is 2.75 bits per heavy atom. The summed E-state index contributed by atoms with van der Waals surface area (Å²) < 4.78 is 2.05. The zero-order valence-corrected chi connectivity index (χ0v) is 9.43. The summed E-state index contributed by atoms with van der Waals surface area (Å²) in [6.07, 6.45) is 5.99. The first-order chi connectivity index (χ1) is 7.90. The largest absolute Gasteiger partial charge is 0.355 e. The van der Waals surface area contributed by atoms with Crippen LogP contribution in [0.1, 0.15) is 19.8 Å². The van der Waals surface area contributed by atoms with Crippen LogP contribution in [0.25, 0.3) is 11.2 Å². The van der Waals surface area contributed by atoms with Crippen molar-refractivity contribution in [1.29, 1.82) is 0 Å². The van der Waals surface area contributed by atoms with Gasteiger partial charge in [0, 0.05) is 19.6 Å². The molecule has 3 rings (SSSR count). The molecule has 0 N–H and O–H groups in total. The minimum Gasteiger partial charge on any atom is -0.355 e. The molecule has 0 atom stereocenters. The van der Waals surface area contributed by atoms with Crippen LogP contribution in [-0.2, 0) is 6.54 Å². The van der Waals surface area contributed by atoms with Gasteiger partial charge in [-0.05, 0) is 19.8 Å². The number of imidazole rings is 1. The lowest BCUT2D eigenvalue weighted by Gasteiger charge is -2.15. The molecule has 5 heteroatoms. The molecule has 0 aliphatic carbocycles. The van der Waals surface area contributed by atoms with Gasteiger partial charge in [0.15, 0.2) is 17.0 Å². The van der Waals surface area contributed by atoms with Crippen molar-refractivity contribution in [3.05, 3.63) is 12.7 Å². The van der Waals surface area contributed by atoms with Crippen LogP contribution in [0.3, 0.4) is 0 Å². The van der Waals surface area contributed by atoms with E-state index in [0.717, 1.165) is 36.6 Å². The van der Waals surface area contributed by atoms with Crippen LogP contribution in [0, 0.1) is 0 Å². The monoisotopic (exact) mass is 217 g/mol.